The van der Waals surface area contributed by atoms with Crippen molar-refractivity contribution in [1.82, 2.24) is 4.98 Å². The molecule has 1 N–H and O–H groups in total. The van der Waals surface area contributed by atoms with Crippen LogP contribution in [0.4, 0.5) is 10.8 Å². The lowest BCUT2D eigenvalue weighted by Crippen LogP contribution is -2.32. The molecule has 0 radical (unpaired) electrons. The van der Waals surface area contributed by atoms with E-state index < -0.39 is 5.97 Å². The number of carboxylic acid groups (broad SMARTS) is 1. The van der Waals surface area contributed by atoms with E-state index in [2.05, 4.69) is 39.5 Å². The number of hydrazone groups is 1. The van der Waals surface area contributed by atoms with Gasteiger partial charge in [-0.15, -0.1) is 0 Å². The van der Waals surface area contributed by atoms with Gasteiger partial charge in [0.2, 0.25) is 5.13 Å². The lowest BCUT2D eigenvalue weighted by molar-refractivity contribution is 0.0697. The maximum absolute atomic E-state index is 11.2. The third-order valence-electron chi connectivity index (χ3n) is 5.24. The van der Waals surface area contributed by atoms with Crippen LogP contribution in [0.5, 0.6) is 0 Å². The van der Waals surface area contributed by atoms with Gasteiger partial charge in [-0.25, -0.2) is 14.8 Å². The summed E-state index contributed by atoms with van der Waals surface area (Å²) in [6.45, 7) is 14.6. The Kier molecular flexibility index (Phi) is 4.43. The molecule has 0 spiro atoms. The van der Waals surface area contributed by atoms with Crippen molar-refractivity contribution in [3.05, 3.63) is 39.9 Å². The van der Waals surface area contributed by atoms with Crippen molar-refractivity contribution in [1.29, 1.82) is 0 Å². The number of fused-ring (bicyclic) bond motifs is 1. The van der Waals surface area contributed by atoms with E-state index in [1.54, 1.807) is 34.5 Å². The lowest BCUT2D eigenvalue weighted by atomic mass is 9.69. The molecule has 2 aromatic rings. The van der Waals surface area contributed by atoms with Crippen LogP contribution < -0.4 is 5.01 Å². The van der Waals surface area contributed by atoms with Crippen molar-refractivity contribution < 1.29 is 9.90 Å². The fraction of sp³-hybridized carbons (Fsp3) is 0.450. The standard InChI is InChI=1S/C20H25N3O2S/c1-12-11-13(17(24)25)7-8-14(12)23(21-6)18-22-15-16(26-18)20(4,5)10-9-19(15,2)3/h7-8,11H,6,9-10H2,1-5H3,(H,24,25). The minimum Gasteiger partial charge on any atom is -0.478 e. The van der Waals surface area contributed by atoms with Gasteiger partial charge in [-0.3, -0.25) is 0 Å². The first-order chi connectivity index (χ1) is 12.1. The molecule has 1 aliphatic rings. The first-order valence-electron chi connectivity index (χ1n) is 8.69. The minimum absolute atomic E-state index is 0.0364. The van der Waals surface area contributed by atoms with Crippen LogP contribution in [0.2, 0.25) is 0 Å². The van der Waals surface area contributed by atoms with Crippen LogP contribution >= 0.6 is 11.3 Å². The number of anilines is 2. The summed E-state index contributed by atoms with van der Waals surface area (Å²) in [5, 5.41) is 15.9. The highest BCUT2D eigenvalue weighted by atomic mass is 32.1. The van der Waals surface area contributed by atoms with Crippen LogP contribution in [-0.4, -0.2) is 22.8 Å². The highest BCUT2D eigenvalue weighted by Crippen LogP contribution is 2.50. The number of thiazole rings is 1. The van der Waals surface area contributed by atoms with E-state index in [-0.39, 0.29) is 16.4 Å². The molecule has 5 nitrogen and oxygen atoms in total. The first kappa shape index (κ1) is 18.6. The van der Waals surface area contributed by atoms with Gasteiger partial charge in [0, 0.05) is 22.4 Å². The van der Waals surface area contributed by atoms with Gasteiger partial charge in [-0.05, 0) is 43.5 Å². The predicted molar refractivity (Wildman–Crippen MR) is 107 cm³/mol. The zero-order valence-corrected chi connectivity index (χ0v) is 16.8. The Balaban J connectivity index is 2.10. The third-order valence-corrected chi connectivity index (χ3v) is 6.64. The molecule has 0 amide bonds. The maximum Gasteiger partial charge on any atom is 0.335 e. The van der Waals surface area contributed by atoms with Gasteiger partial charge >= 0.3 is 5.97 Å². The molecular weight excluding hydrogens is 346 g/mol. The summed E-state index contributed by atoms with van der Waals surface area (Å²) in [5.74, 6) is -0.939. The molecular formula is C20H25N3O2S. The second kappa shape index (κ2) is 6.20. The summed E-state index contributed by atoms with van der Waals surface area (Å²) in [7, 11) is 0. The van der Waals surface area contributed by atoms with Crippen molar-refractivity contribution >= 4 is 34.8 Å². The number of carboxylic acids is 1. The number of hydrogen-bond donors (Lipinski definition) is 1. The number of nitrogens with zero attached hydrogens (tertiary/aromatic N) is 3. The number of rotatable bonds is 4. The van der Waals surface area contributed by atoms with Crippen molar-refractivity contribution in [2.75, 3.05) is 5.01 Å². The van der Waals surface area contributed by atoms with E-state index in [1.165, 1.54) is 4.88 Å². The number of aromatic carboxylic acids is 1. The summed E-state index contributed by atoms with van der Waals surface area (Å²) in [4.78, 5) is 17.4. The maximum atomic E-state index is 11.2. The molecule has 0 unspecified atom stereocenters. The summed E-state index contributed by atoms with van der Waals surface area (Å²) in [5.41, 5.74) is 3.15. The molecule has 26 heavy (non-hydrogen) atoms. The van der Waals surface area contributed by atoms with Gasteiger partial charge in [0.05, 0.1) is 16.9 Å². The molecule has 1 aromatic carbocycles. The Hall–Kier alpha value is -2.21. The second-order valence-electron chi connectivity index (χ2n) is 8.20. The number of carbonyl (C=O) groups is 1. The molecule has 1 aliphatic carbocycles. The van der Waals surface area contributed by atoms with Gasteiger partial charge in [-0.2, -0.15) is 5.10 Å². The molecule has 1 heterocycles. The molecule has 0 saturated heterocycles. The van der Waals surface area contributed by atoms with Gasteiger partial charge in [0.1, 0.15) is 0 Å². The fourth-order valence-corrected chi connectivity index (χ4v) is 4.80. The quantitative estimate of drug-likeness (QED) is 0.588. The average molecular weight is 372 g/mol. The van der Waals surface area contributed by atoms with Crippen LogP contribution in [0.25, 0.3) is 0 Å². The largest absolute Gasteiger partial charge is 0.478 e. The van der Waals surface area contributed by atoms with Crippen LogP contribution in [0.1, 0.15) is 67.0 Å². The molecule has 138 valence electrons. The van der Waals surface area contributed by atoms with E-state index >= 15 is 0 Å². The van der Waals surface area contributed by atoms with Crippen molar-refractivity contribution in [2.24, 2.45) is 5.10 Å². The zero-order valence-electron chi connectivity index (χ0n) is 16.0. The van der Waals surface area contributed by atoms with E-state index in [0.29, 0.717) is 0 Å². The Morgan fingerprint density at radius 2 is 1.92 bits per heavy atom. The van der Waals surface area contributed by atoms with E-state index in [9.17, 15) is 9.90 Å². The number of hydrogen-bond acceptors (Lipinski definition) is 5. The van der Waals surface area contributed by atoms with Gasteiger partial charge in [0.15, 0.2) is 0 Å². The number of benzene rings is 1. The molecule has 0 aliphatic heterocycles. The second-order valence-corrected chi connectivity index (χ2v) is 9.18. The van der Waals surface area contributed by atoms with Gasteiger partial charge in [-0.1, -0.05) is 39.0 Å². The topological polar surface area (TPSA) is 65.8 Å². The molecule has 0 atom stereocenters. The van der Waals surface area contributed by atoms with E-state index in [4.69, 9.17) is 4.98 Å². The summed E-state index contributed by atoms with van der Waals surface area (Å²) < 4.78 is 0. The lowest BCUT2D eigenvalue weighted by Gasteiger charge is -2.37. The third kappa shape index (κ3) is 3.03. The molecule has 6 heteroatoms. The van der Waals surface area contributed by atoms with Crippen LogP contribution in [0.3, 0.4) is 0 Å². The first-order valence-corrected chi connectivity index (χ1v) is 9.51. The van der Waals surface area contributed by atoms with Crippen LogP contribution in [0, 0.1) is 6.92 Å². The Morgan fingerprint density at radius 1 is 1.27 bits per heavy atom. The van der Waals surface area contributed by atoms with Gasteiger partial charge in [0.25, 0.3) is 0 Å². The van der Waals surface area contributed by atoms with Crippen LogP contribution in [0.15, 0.2) is 23.3 Å². The van der Waals surface area contributed by atoms with E-state index in [1.807, 2.05) is 6.92 Å². The number of aromatic nitrogens is 1. The average Bonchev–Trinajstić information content (AvgIpc) is 3.02. The number of aryl methyl sites for hydroxylation is 1. The minimum atomic E-state index is -0.939. The van der Waals surface area contributed by atoms with Crippen LogP contribution in [-0.2, 0) is 10.8 Å². The Morgan fingerprint density at radius 3 is 2.46 bits per heavy atom. The molecule has 1 aromatic heterocycles. The summed E-state index contributed by atoms with van der Waals surface area (Å²) >= 11 is 1.66. The van der Waals surface area contributed by atoms with E-state index in [0.717, 1.165) is 34.9 Å². The summed E-state index contributed by atoms with van der Waals surface area (Å²) in [6.07, 6.45) is 2.23. The van der Waals surface area contributed by atoms with Crippen molar-refractivity contribution in [3.8, 4) is 0 Å². The van der Waals surface area contributed by atoms with Gasteiger partial charge < -0.3 is 5.11 Å². The molecule has 0 bridgehead atoms. The smallest absolute Gasteiger partial charge is 0.335 e. The van der Waals surface area contributed by atoms with Crippen molar-refractivity contribution in [3.63, 3.8) is 0 Å². The molecule has 0 fully saturated rings. The normalized spacial score (nSPS) is 17.4. The SMILES string of the molecule is C=NN(c1nc2c(s1)C(C)(C)CCC2(C)C)c1ccc(C(=O)O)cc1C. The monoisotopic (exact) mass is 371 g/mol. The predicted octanol–water partition coefficient (Wildman–Crippen LogP) is 5.25. The molecule has 3 rings (SSSR count). The molecule has 0 saturated carbocycles. The highest BCUT2D eigenvalue weighted by molar-refractivity contribution is 7.16. The fourth-order valence-electron chi connectivity index (χ4n) is 3.44. The Bertz CT molecular complexity index is 850. The zero-order chi connectivity index (χ0) is 19.3. The highest BCUT2D eigenvalue weighted by Gasteiger charge is 2.41. The summed E-state index contributed by atoms with van der Waals surface area (Å²) in [6, 6.07) is 5.01. The van der Waals surface area contributed by atoms with Crippen molar-refractivity contribution in [2.45, 2.75) is 58.3 Å². The Labute approximate surface area is 158 Å².